The maximum atomic E-state index is 6.45. The lowest BCUT2D eigenvalue weighted by Crippen LogP contribution is -2.41. The second kappa shape index (κ2) is 4.70. The zero-order chi connectivity index (χ0) is 16.4. The maximum Gasteiger partial charge on any atom is 0.495 e. The fraction of sp³-hybridized carbons (Fsp3) is 0.368. The smallest absolute Gasteiger partial charge is 0.399 e. The fourth-order valence-corrected chi connectivity index (χ4v) is 3.49. The number of fused-ring (bicyclic) bond motifs is 3. The Morgan fingerprint density at radius 1 is 0.870 bits per heavy atom. The molecule has 4 heteroatoms. The van der Waals surface area contributed by atoms with Crippen molar-refractivity contribution in [2.75, 3.05) is 0 Å². The van der Waals surface area contributed by atoms with E-state index >= 15 is 0 Å². The van der Waals surface area contributed by atoms with Gasteiger partial charge in [-0.15, -0.1) is 0 Å². The molecule has 1 atom stereocenters. The van der Waals surface area contributed by atoms with Crippen LogP contribution in [0.5, 0.6) is 0 Å². The van der Waals surface area contributed by atoms with E-state index in [1.54, 1.807) is 0 Å². The molecule has 0 amide bonds. The van der Waals surface area contributed by atoms with Crippen LogP contribution in [0.2, 0.25) is 0 Å². The fourth-order valence-electron chi connectivity index (χ4n) is 3.49. The van der Waals surface area contributed by atoms with Crippen LogP contribution < -0.4 is 11.2 Å². The van der Waals surface area contributed by atoms with Crippen LogP contribution in [-0.4, -0.2) is 18.3 Å². The van der Waals surface area contributed by atoms with Crippen molar-refractivity contribution in [1.29, 1.82) is 0 Å². The second-order valence-electron chi connectivity index (χ2n) is 7.46. The third-order valence-electron chi connectivity index (χ3n) is 5.54. The van der Waals surface area contributed by atoms with Crippen LogP contribution in [-0.2, 0) is 9.31 Å². The van der Waals surface area contributed by atoms with Gasteiger partial charge in [0.15, 0.2) is 0 Å². The summed E-state index contributed by atoms with van der Waals surface area (Å²) in [6.45, 7) is 8.32. The Hall–Kier alpha value is -1.62. The van der Waals surface area contributed by atoms with Gasteiger partial charge in [-0.25, -0.2) is 0 Å². The van der Waals surface area contributed by atoms with Crippen molar-refractivity contribution in [2.45, 2.75) is 44.9 Å². The summed E-state index contributed by atoms with van der Waals surface area (Å²) in [5.74, 6) is 0. The summed E-state index contributed by atoms with van der Waals surface area (Å²) in [6, 6.07) is 14.5. The molecule has 1 aliphatic carbocycles. The summed E-state index contributed by atoms with van der Waals surface area (Å²) in [7, 11) is -0.367. The Kier molecular flexibility index (Phi) is 3.05. The Morgan fingerprint density at radius 3 is 2.17 bits per heavy atom. The standard InChI is InChI=1S/C19H22BNO2/c1-18(2)19(3,4)23-20(22-18)15-11-7-10-14-16(15)12-8-5-6-9-13(12)17(14)21/h5-11,17H,21H2,1-4H3. The molecule has 1 fully saturated rings. The van der Waals surface area contributed by atoms with Crippen molar-refractivity contribution in [3.05, 3.63) is 53.6 Å². The van der Waals surface area contributed by atoms with E-state index in [0.717, 1.165) is 11.0 Å². The van der Waals surface area contributed by atoms with Crippen LogP contribution in [0, 0.1) is 0 Å². The van der Waals surface area contributed by atoms with Gasteiger partial charge < -0.3 is 15.0 Å². The lowest BCUT2D eigenvalue weighted by atomic mass is 9.74. The predicted molar refractivity (Wildman–Crippen MR) is 93.6 cm³/mol. The Bertz CT molecular complexity index is 769. The Balaban J connectivity index is 1.86. The maximum absolute atomic E-state index is 6.45. The molecule has 0 radical (unpaired) electrons. The molecule has 118 valence electrons. The number of nitrogens with two attached hydrogens (primary N) is 1. The topological polar surface area (TPSA) is 44.5 Å². The molecule has 2 aromatic carbocycles. The first-order valence-electron chi connectivity index (χ1n) is 8.15. The third-order valence-corrected chi connectivity index (χ3v) is 5.54. The Morgan fingerprint density at radius 2 is 1.48 bits per heavy atom. The second-order valence-corrected chi connectivity index (χ2v) is 7.46. The van der Waals surface area contributed by atoms with Crippen LogP contribution in [0.1, 0.15) is 44.9 Å². The van der Waals surface area contributed by atoms with Gasteiger partial charge in [-0.3, -0.25) is 0 Å². The molecule has 3 nitrogen and oxygen atoms in total. The highest BCUT2D eigenvalue weighted by Gasteiger charge is 2.52. The zero-order valence-corrected chi connectivity index (χ0v) is 14.1. The van der Waals surface area contributed by atoms with Gasteiger partial charge in [0, 0.05) is 0 Å². The minimum absolute atomic E-state index is 0.0800. The number of hydrogen-bond donors (Lipinski definition) is 1. The van der Waals surface area contributed by atoms with E-state index in [0.29, 0.717) is 0 Å². The molecule has 1 saturated heterocycles. The van der Waals surface area contributed by atoms with Crippen molar-refractivity contribution >= 4 is 12.6 Å². The first-order valence-corrected chi connectivity index (χ1v) is 8.15. The van der Waals surface area contributed by atoms with Crippen LogP contribution in [0.4, 0.5) is 0 Å². The number of benzene rings is 2. The van der Waals surface area contributed by atoms with Crippen LogP contribution in [0.25, 0.3) is 11.1 Å². The molecular weight excluding hydrogens is 285 g/mol. The first kappa shape index (κ1) is 14.9. The van der Waals surface area contributed by atoms with Crippen molar-refractivity contribution in [3.8, 4) is 11.1 Å². The van der Waals surface area contributed by atoms with E-state index in [4.69, 9.17) is 15.0 Å². The molecule has 0 spiro atoms. The quantitative estimate of drug-likeness (QED) is 0.824. The summed E-state index contributed by atoms with van der Waals surface area (Å²) < 4.78 is 12.5. The molecule has 1 aliphatic heterocycles. The third kappa shape index (κ3) is 2.02. The summed E-state index contributed by atoms with van der Waals surface area (Å²) in [6.07, 6.45) is 0. The van der Waals surface area contributed by atoms with Gasteiger partial charge in [0.1, 0.15) is 0 Å². The van der Waals surface area contributed by atoms with E-state index in [-0.39, 0.29) is 24.4 Å². The van der Waals surface area contributed by atoms with E-state index in [9.17, 15) is 0 Å². The largest absolute Gasteiger partial charge is 0.495 e. The molecule has 0 saturated carbocycles. The number of hydrogen-bond acceptors (Lipinski definition) is 3. The average Bonchev–Trinajstić information content (AvgIpc) is 2.91. The predicted octanol–water partition coefficient (Wildman–Crippen LogP) is 3.01. The van der Waals surface area contributed by atoms with E-state index in [1.165, 1.54) is 16.7 Å². The lowest BCUT2D eigenvalue weighted by molar-refractivity contribution is 0.00578. The van der Waals surface area contributed by atoms with Gasteiger partial charge in [-0.1, -0.05) is 42.5 Å². The van der Waals surface area contributed by atoms with Crippen molar-refractivity contribution in [3.63, 3.8) is 0 Å². The Labute approximate surface area is 137 Å². The van der Waals surface area contributed by atoms with Crippen LogP contribution in [0.15, 0.2) is 42.5 Å². The summed E-state index contributed by atoms with van der Waals surface area (Å²) in [5.41, 5.74) is 11.5. The molecular formula is C19H22BNO2. The van der Waals surface area contributed by atoms with Crippen molar-refractivity contribution in [1.82, 2.24) is 0 Å². The van der Waals surface area contributed by atoms with Gasteiger partial charge in [0.25, 0.3) is 0 Å². The molecule has 0 bridgehead atoms. The molecule has 2 N–H and O–H groups in total. The highest BCUT2D eigenvalue weighted by Crippen LogP contribution is 2.43. The molecule has 1 unspecified atom stereocenters. The summed E-state index contributed by atoms with van der Waals surface area (Å²) in [4.78, 5) is 0. The molecule has 1 heterocycles. The van der Waals surface area contributed by atoms with Crippen LogP contribution in [0.3, 0.4) is 0 Å². The lowest BCUT2D eigenvalue weighted by Gasteiger charge is -2.32. The van der Waals surface area contributed by atoms with Gasteiger partial charge >= 0.3 is 7.12 Å². The zero-order valence-electron chi connectivity index (χ0n) is 14.1. The SMILES string of the molecule is CC1(C)OB(c2cccc3c2-c2ccccc2C3N)OC1(C)C. The van der Waals surface area contributed by atoms with E-state index in [2.05, 4.69) is 58.0 Å². The molecule has 4 rings (SSSR count). The molecule has 2 aliphatic rings. The minimum atomic E-state index is -0.367. The van der Waals surface area contributed by atoms with E-state index in [1.807, 2.05) is 12.1 Å². The van der Waals surface area contributed by atoms with Gasteiger partial charge in [0.05, 0.1) is 17.2 Å². The average molecular weight is 307 g/mol. The molecule has 23 heavy (non-hydrogen) atoms. The molecule has 0 aromatic heterocycles. The monoisotopic (exact) mass is 307 g/mol. The van der Waals surface area contributed by atoms with Crippen LogP contribution >= 0.6 is 0 Å². The number of rotatable bonds is 1. The van der Waals surface area contributed by atoms with Gasteiger partial charge in [0.2, 0.25) is 0 Å². The molecule has 2 aromatic rings. The van der Waals surface area contributed by atoms with Gasteiger partial charge in [-0.05, 0) is 55.4 Å². The first-order chi connectivity index (χ1) is 10.8. The normalized spacial score (nSPS) is 23.7. The minimum Gasteiger partial charge on any atom is -0.399 e. The highest BCUT2D eigenvalue weighted by atomic mass is 16.7. The van der Waals surface area contributed by atoms with Crippen molar-refractivity contribution in [2.24, 2.45) is 5.73 Å². The van der Waals surface area contributed by atoms with Gasteiger partial charge in [-0.2, -0.15) is 0 Å². The summed E-state index contributed by atoms with van der Waals surface area (Å²) >= 11 is 0. The highest BCUT2D eigenvalue weighted by molar-refractivity contribution is 6.64. The summed E-state index contributed by atoms with van der Waals surface area (Å²) in [5, 5.41) is 0. The van der Waals surface area contributed by atoms with E-state index < -0.39 is 0 Å². The van der Waals surface area contributed by atoms with Crippen molar-refractivity contribution < 1.29 is 9.31 Å².